The minimum Gasteiger partial charge on any atom is -1.00 e. The molecular formula is C60H100Cl2N2O6S2. The molecule has 0 aliphatic carbocycles. The molecular weight excluding hydrogens is 980 g/mol. The van der Waals surface area contributed by atoms with Crippen LogP contribution in [0.1, 0.15) is 142 Å². The van der Waals surface area contributed by atoms with Crippen LogP contribution in [0.15, 0.2) is 122 Å². The van der Waals surface area contributed by atoms with E-state index in [0.717, 1.165) is 132 Å². The lowest BCUT2D eigenvalue weighted by molar-refractivity contribution is -0.870. The normalized spacial score (nSPS) is 12.2. The van der Waals surface area contributed by atoms with Crippen molar-refractivity contribution in [2.24, 2.45) is 0 Å². The molecule has 0 amide bonds. The average Bonchev–Trinajstić information content (AvgIpc) is 3.33. The number of Topliss-reactive ketones (excluding diaryl/α,β-unsaturated/α-hetero) is 2. The highest BCUT2D eigenvalue weighted by Crippen LogP contribution is 2.10. The van der Waals surface area contributed by atoms with Crippen LogP contribution in [-0.2, 0) is 28.7 Å². The first-order valence-corrected chi connectivity index (χ1v) is 29.3. The summed E-state index contributed by atoms with van der Waals surface area (Å²) in [5.41, 5.74) is 0. The Hall–Kier alpha value is -3.12. The van der Waals surface area contributed by atoms with Crippen LogP contribution in [0.5, 0.6) is 0 Å². The molecule has 0 spiro atoms. The van der Waals surface area contributed by atoms with Crippen molar-refractivity contribution in [1.29, 1.82) is 0 Å². The summed E-state index contributed by atoms with van der Waals surface area (Å²) in [6, 6.07) is 0. The van der Waals surface area contributed by atoms with E-state index >= 15 is 0 Å². The van der Waals surface area contributed by atoms with Gasteiger partial charge >= 0.3 is 11.9 Å². The lowest BCUT2D eigenvalue weighted by atomic mass is 10.1. The van der Waals surface area contributed by atoms with E-state index in [0.29, 0.717) is 62.0 Å². The second-order valence-corrected chi connectivity index (χ2v) is 20.1. The van der Waals surface area contributed by atoms with E-state index in [1.807, 2.05) is 19.0 Å². The smallest absolute Gasteiger partial charge is 0.316 e. The first kappa shape index (κ1) is 75.4. The van der Waals surface area contributed by atoms with Crippen molar-refractivity contribution >= 4 is 58.6 Å². The number of alkyl halides is 1. The Morgan fingerprint density at radius 1 is 0.458 bits per heavy atom. The number of rotatable bonds is 44. The molecule has 0 rings (SSSR count). The van der Waals surface area contributed by atoms with Crippen LogP contribution in [0.3, 0.4) is 0 Å². The number of carbonyl (C=O) groups is 4. The van der Waals surface area contributed by atoms with Crippen molar-refractivity contribution in [2.75, 3.05) is 90.9 Å². The lowest BCUT2D eigenvalue weighted by Crippen LogP contribution is -3.00. The number of carbonyl (C=O) groups excluding carboxylic acids is 4. The largest absolute Gasteiger partial charge is 1.00 e. The van der Waals surface area contributed by atoms with Crippen molar-refractivity contribution in [2.45, 2.75) is 142 Å². The number of thioether (sulfide) groups is 2. The third-order valence-electron chi connectivity index (χ3n) is 9.72. The predicted octanol–water partition coefficient (Wildman–Crippen LogP) is 12.2. The number of halogens is 2. The van der Waals surface area contributed by atoms with Crippen molar-refractivity contribution in [3.63, 3.8) is 0 Å². The monoisotopic (exact) mass is 1080 g/mol. The topological polar surface area (TPSA) is 90.0 Å². The van der Waals surface area contributed by atoms with Crippen molar-refractivity contribution in [1.82, 2.24) is 4.90 Å². The summed E-state index contributed by atoms with van der Waals surface area (Å²) in [5, 5.41) is 0. The minimum absolute atomic E-state index is 0. The summed E-state index contributed by atoms with van der Waals surface area (Å²) in [6.45, 7) is 6.74. The number of esters is 2. The van der Waals surface area contributed by atoms with Crippen LogP contribution in [0.25, 0.3) is 0 Å². The highest BCUT2D eigenvalue weighted by molar-refractivity contribution is 8.00. The van der Waals surface area contributed by atoms with E-state index in [-0.39, 0.29) is 24.3 Å². The van der Waals surface area contributed by atoms with Gasteiger partial charge in [0.2, 0.25) is 0 Å². The van der Waals surface area contributed by atoms with Gasteiger partial charge in [-0.25, -0.2) is 0 Å². The van der Waals surface area contributed by atoms with Crippen LogP contribution in [-0.4, -0.2) is 124 Å². The first-order valence-electron chi connectivity index (χ1n) is 26.2. The van der Waals surface area contributed by atoms with E-state index in [1.165, 1.54) is 6.38 Å². The van der Waals surface area contributed by atoms with E-state index in [9.17, 15) is 19.2 Å². The van der Waals surface area contributed by atoms with Gasteiger partial charge in [-0.15, -0.1) is 11.6 Å². The molecule has 0 aromatic heterocycles. The molecule has 72 heavy (non-hydrogen) atoms. The fraction of sp³-hybridized carbons (Fsp3) is 0.600. The van der Waals surface area contributed by atoms with Gasteiger partial charge in [0.15, 0.2) is 0 Å². The summed E-state index contributed by atoms with van der Waals surface area (Å²) < 4.78 is 11.1. The van der Waals surface area contributed by atoms with Crippen molar-refractivity contribution < 1.29 is 45.5 Å². The van der Waals surface area contributed by atoms with E-state index in [1.54, 1.807) is 23.5 Å². The molecule has 0 saturated carbocycles. The van der Waals surface area contributed by atoms with Gasteiger partial charge in [0, 0.05) is 38.6 Å². The number of quaternary nitrogens is 1. The van der Waals surface area contributed by atoms with E-state index in [4.69, 9.17) is 9.47 Å². The number of ketones is 2. The summed E-state index contributed by atoms with van der Waals surface area (Å²) in [4.78, 5) is 49.2. The number of ether oxygens (including phenoxy) is 2. The highest BCUT2D eigenvalue weighted by Gasteiger charge is 2.10. The Bertz CT molecular complexity index is 1580. The Labute approximate surface area is 461 Å². The molecule has 0 unspecified atom stereocenters. The minimum atomic E-state index is -0.171. The Balaban J connectivity index is -0.000000613. The molecule has 0 aliphatic rings. The molecule has 0 heterocycles. The van der Waals surface area contributed by atoms with Crippen LogP contribution in [0.4, 0.5) is 0 Å². The fourth-order valence-electron chi connectivity index (χ4n) is 5.73. The van der Waals surface area contributed by atoms with Gasteiger partial charge in [0.1, 0.15) is 31.3 Å². The summed E-state index contributed by atoms with van der Waals surface area (Å²) >= 11 is 7.74. The molecule has 12 heteroatoms. The maximum atomic E-state index is 12.0. The van der Waals surface area contributed by atoms with Crippen molar-refractivity contribution in [3.05, 3.63) is 122 Å². The zero-order chi connectivity index (χ0) is 53.2. The number of nitrogens with zero attached hydrogens (tertiary/aromatic N) is 2. The second-order valence-electron chi connectivity index (χ2n) is 17.8. The third kappa shape index (κ3) is 71.1. The van der Waals surface area contributed by atoms with Gasteiger partial charge in [0.05, 0.1) is 32.6 Å². The van der Waals surface area contributed by atoms with E-state index < -0.39 is 0 Å². The second kappa shape index (κ2) is 62.2. The summed E-state index contributed by atoms with van der Waals surface area (Å²) in [7, 11) is 10.1. The Morgan fingerprint density at radius 3 is 1.06 bits per heavy atom. The zero-order valence-electron chi connectivity index (χ0n) is 46.3. The van der Waals surface area contributed by atoms with Gasteiger partial charge < -0.3 is 31.3 Å². The van der Waals surface area contributed by atoms with Crippen LogP contribution in [0, 0.1) is 0 Å². The van der Waals surface area contributed by atoms with Gasteiger partial charge in [-0.2, -0.15) is 23.5 Å². The molecule has 0 N–H and O–H groups in total. The Morgan fingerprint density at radius 2 is 0.750 bits per heavy atom. The molecule has 8 nitrogen and oxygen atoms in total. The zero-order valence-corrected chi connectivity index (χ0v) is 49.4. The predicted molar refractivity (Wildman–Crippen MR) is 315 cm³/mol. The maximum absolute atomic E-state index is 12.0. The van der Waals surface area contributed by atoms with Gasteiger partial charge in [0.25, 0.3) is 0 Å². The van der Waals surface area contributed by atoms with Crippen LogP contribution < -0.4 is 12.4 Å². The van der Waals surface area contributed by atoms with Crippen molar-refractivity contribution in [3.8, 4) is 0 Å². The number of hydrogen-bond donors (Lipinski definition) is 0. The molecule has 0 fully saturated rings. The summed E-state index contributed by atoms with van der Waals surface area (Å²) in [5.74, 6) is 2.70. The quantitative estimate of drug-likeness (QED) is 0.0195. The molecule has 0 bridgehead atoms. The lowest BCUT2D eigenvalue weighted by Gasteiger charge is -2.23. The standard InChI is InChI=1S/C30H50NO3S.C29H47NO3S.CH3Cl.ClH/c1-5-6-7-8-9-10-11-12-13-14-15-16-17-18-19-20-21-23-29(32)24-22-27-35-28-30(33)34-26-25-31(2,3)4;1-4-5-6-7-8-9-10-11-12-13-14-15-16-17-18-19-20-22-28(31)23-21-26-34-27-29(32)33-25-24-30(2)3;1-2;/h6-7,9-10,12-13,15-16,18-19H,5,8,11,14,17,20-28H2,1-4H3;5-6,8-9,11-12,14-15,17-18H,4,7,10,13,16,19-27H2,1-3H3;1H3;1H/q+1;;;/p-1/b7-6-,10-9-,13-12-,16-15-,19-18-;6-5-,9-8-,12-11-,15-14-,18-17-;;. The van der Waals surface area contributed by atoms with E-state index in [2.05, 4.69) is 168 Å². The Kier molecular flexibility index (Phi) is 65.1. The van der Waals surface area contributed by atoms with Gasteiger partial charge in [-0.1, -0.05) is 135 Å². The number of hydrogen-bond acceptors (Lipinski definition) is 9. The highest BCUT2D eigenvalue weighted by atomic mass is 35.5. The SMILES string of the molecule is CC/C=C\C/C=C\C/C=C\C/C=C\C/C=C\CCCC(=O)CCCSCC(=O)OCCN(C)C.CC/C=C\C/C=C\C/C=C\C/C=C\C/C=C\CCCC(=O)CCCSCC(=O)OCC[N+](C)(C)C.CCl.[Cl-]. The first-order chi connectivity index (χ1) is 34.4. The molecule has 0 saturated heterocycles. The molecule has 0 aromatic rings. The average molecular weight is 1080 g/mol. The van der Waals surface area contributed by atoms with Gasteiger partial charge in [-0.3, -0.25) is 19.2 Å². The number of allylic oxidation sites excluding steroid dienone is 20. The molecule has 0 radical (unpaired) electrons. The molecule has 0 atom stereocenters. The molecule has 412 valence electrons. The number of unbranched alkanes of at least 4 members (excludes halogenated alkanes) is 2. The van der Waals surface area contributed by atoms with Gasteiger partial charge in [-0.05, 0) is 128 Å². The fourth-order valence-corrected chi connectivity index (χ4v) is 7.22. The maximum Gasteiger partial charge on any atom is 0.316 e. The third-order valence-corrected chi connectivity index (χ3v) is 11.8. The number of likely N-dealkylation sites (N-methyl/N-ethyl adjacent to an activating group) is 2. The van der Waals surface area contributed by atoms with Crippen LogP contribution >= 0.6 is 35.1 Å². The summed E-state index contributed by atoms with van der Waals surface area (Å²) in [6.07, 6.45) is 63.4. The molecule has 0 aliphatic heterocycles. The van der Waals surface area contributed by atoms with Crippen LogP contribution in [0.2, 0.25) is 0 Å². The molecule has 0 aromatic carbocycles.